The molecule has 0 aliphatic carbocycles. The van der Waals surface area contributed by atoms with Crippen molar-refractivity contribution in [3.05, 3.63) is 40.1 Å². The Morgan fingerprint density at radius 1 is 1.38 bits per heavy atom. The number of hydrogen-bond acceptors (Lipinski definition) is 6. The van der Waals surface area contributed by atoms with E-state index in [1.807, 2.05) is 0 Å². The van der Waals surface area contributed by atoms with Gasteiger partial charge in [0.05, 0.1) is 23.6 Å². The number of carbonyl (C=O) groups is 1. The summed E-state index contributed by atoms with van der Waals surface area (Å²) in [5.74, 6) is -1.20. The number of methoxy groups -OCH3 is 1. The summed E-state index contributed by atoms with van der Waals surface area (Å²) in [5, 5.41) is 12.8. The molecular formula is C19H18ClF3N6O3. The zero-order valence-electron chi connectivity index (χ0n) is 16.9. The lowest BCUT2D eigenvalue weighted by Gasteiger charge is -2.38. The fourth-order valence-electron chi connectivity index (χ4n) is 3.95. The SMILES string of the molecule is COc1c(C(C)n2nc(C(F)F)c3c(N)ncnc32)cc(Cl)c(F)c1C1CN(C(=O)O)C1. The maximum absolute atomic E-state index is 15.0. The van der Waals surface area contributed by atoms with Crippen LogP contribution < -0.4 is 10.5 Å². The van der Waals surface area contributed by atoms with Crippen molar-refractivity contribution in [1.29, 1.82) is 0 Å². The van der Waals surface area contributed by atoms with Crippen LogP contribution in [-0.2, 0) is 0 Å². The Bertz CT molecular complexity index is 1210. The first kappa shape index (κ1) is 21.9. The van der Waals surface area contributed by atoms with Gasteiger partial charge in [-0.05, 0) is 13.0 Å². The van der Waals surface area contributed by atoms with E-state index in [-0.39, 0.29) is 46.3 Å². The highest BCUT2D eigenvalue weighted by Crippen LogP contribution is 2.44. The Morgan fingerprint density at radius 3 is 2.66 bits per heavy atom. The summed E-state index contributed by atoms with van der Waals surface area (Å²) < 4.78 is 48.9. The van der Waals surface area contributed by atoms with E-state index < -0.39 is 36.0 Å². The Morgan fingerprint density at radius 2 is 2.06 bits per heavy atom. The summed E-state index contributed by atoms with van der Waals surface area (Å²) in [6, 6.07) is 0.569. The third-order valence-corrected chi connectivity index (χ3v) is 5.84. The molecule has 170 valence electrons. The van der Waals surface area contributed by atoms with Crippen molar-refractivity contribution in [2.75, 3.05) is 25.9 Å². The summed E-state index contributed by atoms with van der Waals surface area (Å²) in [6.45, 7) is 1.78. The number of amides is 1. The van der Waals surface area contributed by atoms with E-state index in [1.54, 1.807) is 6.92 Å². The standard InChI is InChI=1S/C19H18ClF3N6O3/c1-7(29-18-12(14(27-29)16(22)23)17(24)25-6-26-18)9-3-10(20)13(21)11(15(9)32-2)8-4-28(5-8)19(30)31/h3,6-8,16H,4-5H2,1-2H3,(H,30,31)(H2,24,25,26). The second kappa shape index (κ2) is 8.01. The minimum atomic E-state index is -2.93. The third-order valence-electron chi connectivity index (χ3n) is 5.57. The number of benzene rings is 1. The maximum atomic E-state index is 15.0. The van der Waals surface area contributed by atoms with E-state index in [1.165, 1.54) is 17.9 Å². The first-order valence-corrected chi connectivity index (χ1v) is 9.83. The summed E-state index contributed by atoms with van der Waals surface area (Å²) in [6.07, 6.45) is -2.91. The lowest BCUT2D eigenvalue weighted by atomic mass is 9.88. The van der Waals surface area contributed by atoms with Crippen molar-refractivity contribution < 1.29 is 27.8 Å². The lowest BCUT2D eigenvalue weighted by Crippen LogP contribution is -2.48. The second-order valence-electron chi connectivity index (χ2n) is 7.36. The normalized spacial score (nSPS) is 15.3. The molecule has 3 N–H and O–H groups in total. The van der Waals surface area contributed by atoms with Gasteiger partial charge in [0.15, 0.2) is 5.65 Å². The van der Waals surface area contributed by atoms with Gasteiger partial charge in [0, 0.05) is 30.1 Å². The van der Waals surface area contributed by atoms with Gasteiger partial charge in [0.25, 0.3) is 6.43 Å². The predicted octanol–water partition coefficient (Wildman–Crippen LogP) is 3.83. The van der Waals surface area contributed by atoms with Crippen molar-refractivity contribution in [2.24, 2.45) is 0 Å². The van der Waals surface area contributed by atoms with E-state index in [2.05, 4.69) is 15.1 Å². The van der Waals surface area contributed by atoms with Crippen molar-refractivity contribution in [1.82, 2.24) is 24.6 Å². The van der Waals surface area contributed by atoms with Crippen LogP contribution in [0.25, 0.3) is 11.0 Å². The first-order valence-electron chi connectivity index (χ1n) is 9.46. The van der Waals surface area contributed by atoms with Crippen LogP contribution in [0, 0.1) is 5.82 Å². The number of anilines is 1. The largest absolute Gasteiger partial charge is 0.496 e. The molecule has 13 heteroatoms. The zero-order valence-corrected chi connectivity index (χ0v) is 17.6. The summed E-state index contributed by atoms with van der Waals surface area (Å²) >= 11 is 6.15. The van der Waals surface area contributed by atoms with Crippen LogP contribution in [0.5, 0.6) is 5.75 Å². The van der Waals surface area contributed by atoms with Gasteiger partial charge in [-0.2, -0.15) is 5.10 Å². The van der Waals surface area contributed by atoms with Gasteiger partial charge in [-0.15, -0.1) is 0 Å². The summed E-state index contributed by atoms with van der Waals surface area (Å²) in [4.78, 5) is 20.1. The molecule has 0 saturated carbocycles. The minimum absolute atomic E-state index is 0.0702. The Balaban J connectivity index is 1.86. The summed E-state index contributed by atoms with van der Waals surface area (Å²) in [5.41, 5.74) is 5.78. The van der Waals surface area contributed by atoms with E-state index >= 15 is 0 Å². The van der Waals surface area contributed by atoms with Gasteiger partial charge in [-0.25, -0.2) is 32.6 Å². The number of carboxylic acid groups (broad SMARTS) is 1. The number of hydrogen-bond donors (Lipinski definition) is 2. The number of aromatic nitrogens is 4. The van der Waals surface area contributed by atoms with E-state index in [9.17, 15) is 18.0 Å². The molecule has 0 spiro atoms. The number of likely N-dealkylation sites (tertiary alicyclic amines) is 1. The third kappa shape index (κ3) is 3.34. The van der Waals surface area contributed by atoms with Gasteiger partial charge in [-0.1, -0.05) is 11.6 Å². The monoisotopic (exact) mass is 470 g/mol. The molecule has 9 nitrogen and oxygen atoms in total. The number of halogens is 4. The fraction of sp³-hybridized carbons (Fsp3) is 0.368. The van der Waals surface area contributed by atoms with E-state index in [0.717, 1.165) is 11.2 Å². The van der Waals surface area contributed by atoms with Crippen molar-refractivity contribution in [3.8, 4) is 5.75 Å². The number of nitrogen functional groups attached to an aromatic ring is 1. The van der Waals surface area contributed by atoms with Crippen LogP contribution in [0.3, 0.4) is 0 Å². The van der Waals surface area contributed by atoms with Gasteiger partial charge in [0.2, 0.25) is 0 Å². The van der Waals surface area contributed by atoms with Crippen LogP contribution in [0.2, 0.25) is 5.02 Å². The molecule has 1 aromatic carbocycles. The number of nitrogens with zero attached hydrogens (tertiary/aromatic N) is 5. The van der Waals surface area contributed by atoms with Crippen LogP contribution >= 0.6 is 11.6 Å². The highest BCUT2D eigenvalue weighted by Gasteiger charge is 2.38. The molecule has 1 atom stereocenters. The number of rotatable bonds is 5. The van der Waals surface area contributed by atoms with E-state index in [0.29, 0.717) is 5.56 Å². The quantitative estimate of drug-likeness (QED) is 0.581. The molecule has 4 rings (SSSR count). The molecule has 2 aromatic heterocycles. The predicted molar refractivity (Wildman–Crippen MR) is 109 cm³/mol. The molecule has 1 aliphatic rings. The van der Waals surface area contributed by atoms with Crippen molar-refractivity contribution >= 4 is 34.5 Å². The molecule has 1 amide bonds. The molecule has 1 unspecified atom stereocenters. The molecule has 3 heterocycles. The first-order chi connectivity index (χ1) is 15.1. The smallest absolute Gasteiger partial charge is 0.407 e. The van der Waals surface area contributed by atoms with Crippen molar-refractivity contribution in [2.45, 2.75) is 25.3 Å². The van der Waals surface area contributed by atoms with Crippen molar-refractivity contribution in [3.63, 3.8) is 0 Å². The van der Waals surface area contributed by atoms with Crippen LogP contribution in [-0.4, -0.2) is 56.0 Å². The number of ether oxygens (including phenoxy) is 1. The lowest BCUT2D eigenvalue weighted by molar-refractivity contribution is 0.103. The van der Waals surface area contributed by atoms with Gasteiger partial charge in [-0.3, -0.25) is 0 Å². The van der Waals surface area contributed by atoms with Gasteiger partial charge < -0.3 is 20.5 Å². The minimum Gasteiger partial charge on any atom is -0.496 e. The number of alkyl halides is 2. The number of fused-ring (bicyclic) bond motifs is 1. The summed E-state index contributed by atoms with van der Waals surface area (Å²) in [7, 11) is 1.34. The van der Waals surface area contributed by atoms with Crippen LogP contribution in [0.15, 0.2) is 12.4 Å². The highest BCUT2D eigenvalue weighted by atomic mass is 35.5. The average molecular weight is 471 g/mol. The Kier molecular flexibility index (Phi) is 5.49. The molecule has 32 heavy (non-hydrogen) atoms. The zero-order chi connectivity index (χ0) is 23.3. The van der Waals surface area contributed by atoms with Crippen LogP contribution in [0.1, 0.15) is 42.1 Å². The highest BCUT2D eigenvalue weighted by molar-refractivity contribution is 6.31. The van der Waals surface area contributed by atoms with Gasteiger partial charge in [0.1, 0.15) is 29.4 Å². The average Bonchev–Trinajstić information content (AvgIpc) is 3.10. The molecule has 0 radical (unpaired) electrons. The molecular weight excluding hydrogens is 453 g/mol. The number of nitrogens with two attached hydrogens (primary N) is 1. The second-order valence-corrected chi connectivity index (χ2v) is 7.76. The molecule has 1 saturated heterocycles. The Labute approximate surface area is 184 Å². The topological polar surface area (TPSA) is 119 Å². The molecule has 1 fully saturated rings. The molecule has 0 bridgehead atoms. The van der Waals surface area contributed by atoms with Gasteiger partial charge >= 0.3 is 6.09 Å². The fourth-order valence-corrected chi connectivity index (χ4v) is 4.17. The van der Waals surface area contributed by atoms with E-state index in [4.69, 9.17) is 27.2 Å². The molecule has 3 aromatic rings. The maximum Gasteiger partial charge on any atom is 0.407 e. The Hall–Kier alpha value is -3.28. The molecule has 1 aliphatic heterocycles. The van der Waals surface area contributed by atoms with Crippen LogP contribution in [0.4, 0.5) is 23.8 Å².